The molecule has 1 aromatic carbocycles. The van der Waals surface area contributed by atoms with E-state index in [1.807, 2.05) is 0 Å². The van der Waals surface area contributed by atoms with Gasteiger partial charge in [0.15, 0.2) is 0 Å². The number of ether oxygens (including phenoxy) is 1. The van der Waals surface area contributed by atoms with E-state index in [1.165, 1.54) is 0 Å². The summed E-state index contributed by atoms with van der Waals surface area (Å²) in [4.78, 5) is 0. The molecule has 0 saturated carbocycles. The number of benzene rings is 1. The third-order valence-electron chi connectivity index (χ3n) is 1.59. The maximum Gasteiger partial charge on any atom is 0.137 e. The fourth-order valence-electron chi connectivity index (χ4n) is 0.948. The number of methoxy groups -OCH3 is 1. The molecule has 13 heavy (non-hydrogen) atoms. The minimum atomic E-state index is 0.381. The molecule has 0 saturated heterocycles. The fourth-order valence-corrected chi connectivity index (χ4v) is 2.03. The zero-order valence-corrected chi connectivity index (χ0v) is 9.89. The Morgan fingerprint density at radius 2 is 2.31 bits per heavy atom. The van der Waals surface area contributed by atoms with Crippen molar-refractivity contribution in [2.45, 2.75) is 6.42 Å². The Morgan fingerprint density at radius 3 is 2.85 bits per heavy atom. The predicted molar refractivity (Wildman–Crippen MR) is 60.0 cm³/mol. The number of hydrogen-bond acceptors (Lipinski definition) is 2. The van der Waals surface area contributed by atoms with Gasteiger partial charge in [-0.1, -0.05) is 11.6 Å². The summed E-state index contributed by atoms with van der Waals surface area (Å²) >= 11 is 8.04. The van der Waals surface area contributed by atoms with Gasteiger partial charge in [-0.3, -0.25) is 0 Å². The number of halogens is 2. The van der Waals surface area contributed by atoms with Gasteiger partial charge in [0.2, 0.25) is 0 Å². The normalized spacial score (nSPS) is 9.38. The third-order valence-corrected chi connectivity index (χ3v) is 2.89. The lowest BCUT2D eigenvalue weighted by Gasteiger charge is -2.06. The molecule has 0 heterocycles. The highest BCUT2D eigenvalue weighted by atomic mass is 127. The number of rotatable bonds is 2. The molecule has 0 aliphatic heterocycles. The van der Waals surface area contributed by atoms with Crippen LogP contribution in [-0.4, -0.2) is 7.11 Å². The fraction of sp³-hybridized carbons (Fsp3) is 0.222. The molecular weight excluding hydrogens is 300 g/mol. The summed E-state index contributed by atoms with van der Waals surface area (Å²) in [5.74, 6) is 0.618. The van der Waals surface area contributed by atoms with Crippen LogP contribution < -0.4 is 4.74 Å². The first kappa shape index (κ1) is 10.6. The molecule has 0 radical (unpaired) electrons. The van der Waals surface area contributed by atoms with Gasteiger partial charge in [0.1, 0.15) is 5.75 Å². The van der Waals surface area contributed by atoms with Crippen LogP contribution in [0.15, 0.2) is 12.1 Å². The summed E-state index contributed by atoms with van der Waals surface area (Å²) < 4.78 is 6.03. The van der Waals surface area contributed by atoms with Crippen molar-refractivity contribution in [1.82, 2.24) is 0 Å². The Hall–Kier alpha value is -0.470. The van der Waals surface area contributed by atoms with Crippen LogP contribution in [0.3, 0.4) is 0 Å². The Bertz CT molecular complexity index is 359. The van der Waals surface area contributed by atoms with Crippen molar-refractivity contribution in [1.29, 1.82) is 5.26 Å². The minimum Gasteiger partial charge on any atom is -0.495 e. The number of hydrogen-bond donors (Lipinski definition) is 0. The Labute approximate surface area is 95.6 Å². The summed E-state index contributed by atoms with van der Waals surface area (Å²) in [7, 11) is 1.56. The molecule has 0 aromatic heterocycles. The first-order valence-corrected chi connectivity index (χ1v) is 5.03. The highest BCUT2D eigenvalue weighted by molar-refractivity contribution is 14.1. The first-order chi connectivity index (χ1) is 6.19. The monoisotopic (exact) mass is 307 g/mol. The zero-order valence-electron chi connectivity index (χ0n) is 6.97. The third kappa shape index (κ3) is 2.48. The van der Waals surface area contributed by atoms with Gasteiger partial charge >= 0.3 is 0 Å². The van der Waals surface area contributed by atoms with Crippen LogP contribution in [0.5, 0.6) is 5.75 Å². The minimum absolute atomic E-state index is 0.381. The molecule has 68 valence electrons. The quantitative estimate of drug-likeness (QED) is 0.787. The summed E-state index contributed by atoms with van der Waals surface area (Å²) in [5.41, 5.74) is 0.948. The van der Waals surface area contributed by atoms with E-state index in [1.54, 1.807) is 19.2 Å². The van der Waals surface area contributed by atoms with E-state index in [0.717, 1.165) is 9.13 Å². The molecule has 0 bridgehead atoms. The van der Waals surface area contributed by atoms with Crippen molar-refractivity contribution in [3.8, 4) is 11.8 Å². The topological polar surface area (TPSA) is 33.0 Å². The maximum atomic E-state index is 8.55. The van der Waals surface area contributed by atoms with Crippen LogP contribution in [0.25, 0.3) is 0 Å². The van der Waals surface area contributed by atoms with Crippen molar-refractivity contribution in [2.24, 2.45) is 0 Å². The molecule has 0 spiro atoms. The summed E-state index contributed by atoms with van der Waals surface area (Å²) in [5, 5.41) is 9.13. The Balaban J connectivity index is 3.16. The maximum absolute atomic E-state index is 8.55. The van der Waals surface area contributed by atoms with Gasteiger partial charge in [-0.25, -0.2) is 0 Å². The second-order valence-electron chi connectivity index (χ2n) is 2.41. The smallest absolute Gasteiger partial charge is 0.137 e. The van der Waals surface area contributed by atoms with Crippen LogP contribution in [0, 0.1) is 14.9 Å². The van der Waals surface area contributed by atoms with E-state index in [4.69, 9.17) is 21.6 Å². The van der Waals surface area contributed by atoms with Crippen molar-refractivity contribution in [2.75, 3.05) is 7.11 Å². The highest BCUT2D eigenvalue weighted by Crippen LogP contribution is 2.29. The Morgan fingerprint density at radius 1 is 1.62 bits per heavy atom. The van der Waals surface area contributed by atoms with Crippen molar-refractivity contribution in [3.63, 3.8) is 0 Å². The van der Waals surface area contributed by atoms with Gasteiger partial charge in [-0.15, -0.1) is 0 Å². The molecule has 0 atom stereocenters. The first-order valence-electron chi connectivity index (χ1n) is 3.58. The molecule has 0 N–H and O–H groups in total. The van der Waals surface area contributed by atoms with Crippen LogP contribution in [0.1, 0.15) is 5.56 Å². The lowest BCUT2D eigenvalue weighted by Crippen LogP contribution is -1.91. The summed E-state index contributed by atoms with van der Waals surface area (Å²) in [6.45, 7) is 0. The molecule has 0 aliphatic carbocycles. The molecule has 4 heteroatoms. The molecule has 0 aliphatic rings. The van der Waals surface area contributed by atoms with Gasteiger partial charge in [-0.2, -0.15) is 5.26 Å². The van der Waals surface area contributed by atoms with Gasteiger partial charge < -0.3 is 4.74 Å². The molecule has 2 nitrogen and oxygen atoms in total. The van der Waals surface area contributed by atoms with Crippen LogP contribution in [0.2, 0.25) is 5.02 Å². The lowest BCUT2D eigenvalue weighted by atomic mass is 10.1. The predicted octanol–water partition coefficient (Wildman–Crippen LogP) is 3.02. The average Bonchev–Trinajstić information content (AvgIpc) is 2.10. The SMILES string of the molecule is COc1cc(CC#N)c(I)cc1Cl. The van der Waals surface area contributed by atoms with E-state index >= 15 is 0 Å². The standard InChI is InChI=1S/C9H7ClINO/c1-13-9-4-6(2-3-12)8(11)5-7(9)10/h4-5H,2H2,1H3. The van der Waals surface area contributed by atoms with Gasteiger partial charge in [0.25, 0.3) is 0 Å². The largest absolute Gasteiger partial charge is 0.495 e. The molecule has 1 aromatic rings. The van der Waals surface area contributed by atoms with Gasteiger partial charge in [0, 0.05) is 3.57 Å². The van der Waals surface area contributed by atoms with Crippen LogP contribution in [0.4, 0.5) is 0 Å². The van der Waals surface area contributed by atoms with Crippen molar-refractivity contribution in [3.05, 3.63) is 26.3 Å². The zero-order chi connectivity index (χ0) is 9.84. The van der Waals surface area contributed by atoms with Crippen LogP contribution >= 0.6 is 34.2 Å². The summed E-state index contributed by atoms with van der Waals surface area (Å²) in [6, 6.07) is 5.69. The van der Waals surface area contributed by atoms with Crippen molar-refractivity contribution < 1.29 is 4.74 Å². The average molecular weight is 308 g/mol. The summed E-state index contributed by atoms with van der Waals surface area (Å²) in [6.07, 6.45) is 0.381. The van der Waals surface area contributed by atoms with Gasteiger partial charge in [-0.05, 0) is 40.3 Å². The van der Waals surface area contributed by atoms with E-state index < -0.39 is 0 Å². The van der Waals surface area contributed by atoms with Crippen molar-refractivity contribution >= 4 is 34.2 Å². The lowest BCUT2D eigenvalue weighted by molar-refractivity contribution is 0.414. The van der Waals surface area contributed by atoms with E-state index in [0.29, 0.717) is 17.2 Å². The molecule has 0 amide bonds. The molecule has 0 fully saturated rings. The number of nitriles is 1. The van der Waals surface area contributed by atoms with E-state index in [9.17, 15) is 0 Å². The number of nitrogens with zero attached hydrogens (tertiary/aromatic N) is 1. The molecule has 0 unspecified atom stereocenters. The highest BCUT2D eigenvalue weighted by Gasteiger charge is 2.06. The van der Waals surface area contributed by atoms with E-state index in [2.05, 4.69) is 28.7 Å². The second-order valence-corrected chi connectivity index (χ2v) is 3.98. The molecular formula is C9H7ClINO. The molecule has 1 rings (SSSR count). The Kier molecular flexibility index (Phi) is 3.82. The van der Waals surface area contributed by atoms with Crippen LogP contribution in [-0.2, 0) is 6.42 Å². The second kappa shape index (κ2) is 4.68. The van der Waals surface area contributed by atoms with Gasteiger partial charge in [0.05, 0.1) is 24.6 Å². The van der Waals surface area contributed by atoms with E-state index in [-0.39, 0.29) is 0 Å².